The lowest BCUT2D eigenvalue weighted by molar-refractivity contribution is -0.307. The summed E-state index contributed by atoms with van der Waals surface area (Å²) in [6, 6.07) is 7.25. The van der Waals surface area contributed by atoms with Gasteiger partial charge < -0.3 is 64.9 Å². The van der Waals surface area contributed by atoms with E-state index in [9.17, 15) is 46.0 Å². The van der Waals surface area contributed by atoms with Crippen LogP contribution in [0.5, 0.6) is 23.0 Å². The standard InChI is InChI=1S/C26H32O13/c1-11-14(27)7-13(8-15(11)28)3-2-12-4-5-18(16(29)6-12)38-26-24(35)22(33)21(32)19(39-26)10-37-25-23(34)20(31)17(30)9-36-25/h2-8,17,19-35H,9-10H2,1H3. The topological polar surface area (TPSA) is 219 Å². The van der Waals surface area contributed by atoms with Crippen molar-refractivity contribution in [3.63, 3.8) is 0 Å². The Morgan fingerprint density at radius 3 is 2.05 bits per heavy atom. The van der Waals surface area contributed by atoms with E-state index in [0.717, 1.165) is 0 Å². The summed E-state index contributed by atoms with van der Waals surface area (Å²) in [5.74, 6) is -0.570. The Hall–Kier alpha value is -2.98. The van der Waals surface area contributed by atoms with E-state index < -0.39 is 61.9 Å². The van der Waals surface area contributed by atoms with Crippen molar-refractivity contribution in [3.05, 3.63) is 47.0 Å². The van der Waals surface area contributed by atoms with Crippen LogP contribution in [0.1, 0.15) is 16.7 Å². The summed E-state index contributed by atoms with van der Waals surface area (Å²) in [6.07, 6.45) is -10.3. The lowest BCUT2D eigenvalue weighted by atomic mass is 9.99. The van der Waals surface area contributed by atoms with Gasteiger partial charge in [-0.2, -0.15) is 0 Å². The highest BCUT2D eigenvalue weighted by Crippen LogP contribution is 2.33. The number of benzene rings is 2. The van der Waals surface area contributed by atoms with Crippen LogP contribution in [0.2, 0.25) is 0 Å². The van der Waals surface area contributed by atoms with Crippen molar-refractivity contribution < 1.29 is 64.9 Å². The molecule has 2 aromatic rings. The van der Waals surface area contributed by atoms with E-state index in [4.69, 9.17) is 18.9 Å². The molecular weight excluding hydrogens is 520 g/mol. The van der Waals surface area contributed by atoms with E-state index >= 15 is 0 Å². The fourth-order valence-corrected chi connectivity index (χ4v) is 4.12. The molecule has 214 valence electrons. The Labute approximate surface area is 222 Å². The first-order chi connectivity index (χ1) is 18.5. The van der Waals surface area contributed by atoms with E-state index in [0.29, 0.717) is 16.7 Å². The zero-order valence-corrected chi connectivity index (χ0v) is 20.8. The molecule has 9 atom stereocenters. The Bertz CT molecular complexity index is 1150. The summed E-state index contributed by atoms with van der Waals surface area (Å²) in [4.78, 5) is 0. The van der Waals surface area contributed by atoms with Crippen LogP contribution in [0, 0.1) is 6.92 Å². The average molecular weight is 553 g/mol. The van der Waals surface area contributed by atoms with E-state index in [1.54, 1.807) is 25.1 Å². The van der Waals surface area contributed by atoms with Crippen molar-refractivity contribution in [2.45, 2.75) is 62.2 Å². The van der Waals surface area contributed by atoms with Crippen LogP contribution < -0.4 is 4.74 Å². The van der Waals surface area contributed by atoms with Crippen molar-refractivity contribution in [1.82, 2.24) is 0 Å². The lowest BCUT2D eigenvalue weighted by Crippen LogP contribution is -2.61. The van der Waals surface area contributed by atoms with Gasteiger partial charge in [0.2, 0.25) is 6.29 Å². The smallest absolute Gasteiger partial charge is 0.229 e. The summed E-state index contributed by atoms with van der Waals surface area (Å²) in [7, 11) is 0. The van der Waals surface area contributed by atoms with Gasteiger partial charge in [-0.05, 0) is 42.3 Å². The molecule has 9 N–H and O–H groups in total. The maximum absolute atomic E-state index is 10.5. The third-order valence-electron chi connectivity index (χ3n) is 6.62. The highest BCUT2D eigenvalue weighted by Gasteiger charge is 2.46. The van der Waals surface area contributed by atoms with Gasteiger partial charge in [0.25, 0.3) is 0 Å². The van der Waals surface area contributed by atoms with Gasteiger partial charge in [0, 0.05) is 5.56 Å². The number of rotatable bonds is 7. The molecule has 2 aliphatic rings. The molecule has 2 saturated heterocycles. The summed E-state index contributed by atoms with van der Waals surface area (Å²) in [6.45, 7) is 0.823. The van der Waals surface area contributed by atoms with Crippen LogP contribution in [-0.2, 0) is 14.2 Å². The second kappa shape index (κ2) is 12.0. The predicted molar refractivity (Wildman–Crippen MR) is 133 cm³/mol. The van der Waals surface area contributed by atoms with Crippen molar-refractivity contribution >= 4 is 12.2 Å². The first-order valence-corrected chi connectivity index (χ1v) is 12.1. The second-order valence-corrected chi connectivity index (χ2v) is 9.46. The van der Waals surface area contributed by atoms with Gasteiger partial charge in [-0.25, -0.2) is 0 Å². The van der Waals surface area contributed by atoms with Crippen LogP contribution in [0.25, 0.3) is 12.2 Å². The number of hydrogen-bond acceptors (Lipinski definition) is 13. The molecule has 2 aliphatic heterocycles. The third kappa shape index (κ3) is 6.44. The molecule has 9 unspecified atom stereocenters. The highest BCUT2D eigenvalue weighted by molar-refractivity contribution is 5.72. The molecule has 0 saturated carbocycles. The van der Waals surface area contributed by atoms with Crippen LogP contribution in [0.15, 0.2) is 30.3 Å². The van der Waals surface area contributed by atoms with Gasteiger partial charge in [0.15, 0.2) is 17.8 Å². The molecule has 0 amide bonds. The van der Waals surface area contributed by atoms with Gasteiger partial charge in [0.05, 0.1) is 13.2 Å². The van der Waals surface area contributed by atoms with Gasteiger partial charge in [-0.15, -0.1) is 0 Å². The lowest BCUT2D eigenvalue weighted by Gasteiger charge is -2.41. The first-order valence-electron chi connectivity index (χ1n) is 12.1. The molecule has 13 heteroatoms. The number of ether oxygens (including phenoxy) is 4. The fraction of sp³-hybridized carbons (Fsp3) is 0.462. The van der Waals surface area contributed by atoms with E-state index in [2.05, 4.69) is 0 Å². The van der Waals surface area contributed by atoms with Crippen molar-refractivity contribution in [2.75, 3.05) is 13.2 Å². The molecule has 2 fully saturated rings. The second-order valence-electron chi connectivity index (χ2n) is 9.46. The molecular formula is C26H32O13. The molecule has 0 bridgehead atoms. The summed E-state index contributed by atoms with van der Waals surface area (Å²) in [5.41, 5.74) is 1.40. The number of phenolic OH excluding ortho intramolecular Hbond substituents is 3. The SMILES string of the molecule is Cc1c(O)cc(C=Cc2ccc(OC3OC(COC4OCC(O)C(O)C4O)C(O)C(O)C3O)c(O)c2)cc1O. The van der Waals surface area contributed by atoms with Gasteiger partial charge in [-0.3, -0.25) is 0 Å². The molecule has 4 rings (SSSR count). The fourth-order valence-electron chi connectivity index (χ4n) is 4.12. The van der Waals surface area contributed by atoms with Crippen LogP contribution in [0.3, 0.4) is 0 Å². The number of aliphatic hydroxyl groups excluding tert-OH is 6. The minimum absolute atomic E-state index is 0.0675. The van der Waals surface area contributed by atoms with Crippen molar-refractivity contribution in [1.29, 1.82) is 0 Å². The molecule has 39 heavy (non-hydrogen) atoms. The number of phenols is 3. The maximum atomic E-state index is 10.5. The number of hydrogen-bond donors (Lipinski definition) is 9. The number of aliphatic hydroxyl groups is 6. The summed E-state index contributed by atoms with van der Waals surface area (Å²) >= 11 is 0. The Morgan fingerprint density at radius 1 is 0.769 bits per heavy atom. The molecule has 0 aromatic heterocycles. The van der Waals surface area contributed by atoms with Crippen LogP contribution in [0.4, 0.5) is 0 Å². The Morgan fingerprint density at radius 2 is 1.38 bits per heavy atom. The van der Waals surface area contributed by atoms with E-state index in [-0.39, 0.29) is 29.6 Å². The van der Waals surface area contributed by atoms with E-state index in [1.165, 1.54) is 24.3 Å². The summed E-state index contributed by atoms with van der Waals surface area (Å²) in [5, 5.41) is 90.5. The minimum atomic E-state index is -1.71. The molecule has 2 aromatic carbocycles. The monoisotopic (exact) mass is 552 g/mol. The normalized spacial score (nSPS) is 33.4. The zero-order chi connectivity index (χ0) is 28.4. The molecule has 2 heterocycles. The number of aromatic hydroxyl groups is 3. The Kier molecular flexibility index (Phi) is 8.96. The van der Waals surface area contributed by atoms with Gasteiger partial charge in [0.1, 0.15) is 54.2 Å². The third-order valence-corrected chi connectivity index (χ3v) is 6.62. The first kappa shape index (κ1) is 29.0. The van der Waals surface area contributed by atoms with E-state index in [1.807, 2.05) is 0 Å². The highest BCUT2D eigenvalue weighted by atomic mass is 16.7. The van der Waals surface area contributed by atoms with Crippen molar-refractivity contribution in [3.8, 4) is 23.0 Å². The largest absolute Gasteiger partial charge is 0.508 e. The average Bonchev–Trinajstić information content (AvgIpc) is 2.90. The van der Waals surface area contributed by atoms with Crippen molar-refractivity contribution in [2.24, 2.45) is 0 Å². The van der Waals surface area contributed by atoms with Gasteiger partial charge in [-0.1, -0.05) is 18.2 Å². The van der Waals surface area contributed by atoms with Crippen LogP contribution in [-0.4, -0.2) is 114 Å². The predicted octanol–water partition coefficient (Wildman–Crippen LogP) is -1.08. The maximum Gasteiger partial charge on any atom is 0.229 e. The Balaban J connectivity index is 1.40. The molecule has 13 nitrogen and oxygen atoms in total. The molecule has 0 spiro atoms. The molecule has 0 aliphatic carbocycles. The summed E-state index contributed by atoms with van der Waals surface area (Å²) < 4.78 is 21.6. The quantitative estimate of drug-likeness (QED) is 0.187. The van der Waals surface area contributed by atoms with Gasteiger partial charge >= 0.3 is 0 Å². The molecule has 0 radical (unpaired) electrons. The zero-order valence-electron chi connectivity index (χ0n) is 20.8. The minimum Gasteiger partial charge on any atom is -0.508 e. The van der Waals surface area contributed by atoms with Crippen LogP contribution >= 0.6 is 0 Å².